The van der Waals surface area contributed by atoms with Gasteiger partial charge in [0.15, 0.2) is 0 Å². The summed E-state index contributed by atoms with van der Waals surface area (Å²) in [7, 11) is -0.982. The molecule has 0 aliphatic heterocycles. The first-order valence-electron chi connectivity index (χ1n) is 6.46. The summed E-state index contributed by atoms with van der Waals surface area (Å²) in [5, 5.41) is 0. The quantitative estimate of drug-likeness (QED) is 0.825. The van der Waals surface area contributed by atoms with Crippen molar-refractivity contribution in [3.8, 4) is 0 Å². The summed E-state index contributed by atoms with van der Waals surface area (Å²) < 4.78 is 11.2. The molecule has 0 aliphatic carbocycles. The van der Waals surface area contributed by atoms with Gasteiger partial charge in [-0.1, -0.05) is 12.1 Å². The highest BCUT2D eigenvalue weighted by molar-refractivity contribution is 7.83. The van der Waals surface area contributed by atoms with E-state index >= 15 is 0 Å². The molecule has 22 heavy (non-hydrogen) atoms. The molecule has 6 nitrogen and oxygen atoms in total. The van der Waals surface area contributed by atoms with Crippen molar-refractivity contribution in [3.05, 3.63) is 65.5 Å². The smallest absolute Gasteiger partial charge is 0.267 e. The zero-order valence-electron chi connectivity index (χ0n) is 11.9. The minimum absolute atomic E-state index is 0.345. The summed E-state index contributed by atoms with van der Waals surface area (Å²) >= 11 is 0. The Hall–Kier alpha value is -2.54. The van der Waals surface area contributed by atoms with Gasteiger partial charge in [0.1, 0.15) is 0 Å². The number of hydrogen-bond donors (Lipinski definition) is 2. The Morgan fingerprint density at radius 1 is 1.09 bits per heavy atom. The molecule has 0 aliphatic rings. The summed E-state index contributed by atoms with van der Waals surface area (Å²) in [6, 6.07) is 9.99. The third kappa shape index (κ3) is 4.49. The van der Waals surface area contributed by atoms with Crippen molar-refractivity contribution in [2.75, 3.05) is 6.26 Å². The van der Waals surface area contributed by atoms with Gasteiger partial charge in [0.05, 0.1) is 5.56 Å². The number of amides is 2. The lowest BCUT2D eigenvalue weighted by Crippen LogP contribution is -2.41. The van der Waals surface area contributed by atoms with Crippen LogP contribution in [0.5, 0.6) is 0 Å². The van der Waals surface area contributed by atoms with Gasteiger partial charge >= 0.3 is 0 Å². The van der Waals surface area contributed by atoms with Crippen LogP contribution in [0.25, 0.3) is 0 Å². The second-order valence-electron chi connectivity index (χ2n) is 4.57. The predicted molar refractivity (Wildman–Crippen MR) is 83.4 cm³/mol. The van der Waals surface area contributed by atoms with Gasteiger partial charge in [-0.3, -0.25) is 29.6 Å². The fraction of sp³-hybridized carbons (Fsp3) is 0.133. The molecule has 0 saturated heterocycles. The Morgan fingerprint density at radius 3 is 2.41 bits per heavy atom. The first-order chi connectivity index (χ1) is 10.6. The lowest BCUT2D eigenvalue weighted by atomic mass is 10.1. The summed E-state index contributed by atoms with van der Waals surface area (Å²) in [5.74, 6) is -0.517. The average Bonchev–Trinajstić information content (AvgIpc) is 2.52. The van der Waals surface area contributed by atoms with Crippen LogP contribution in [-0.4, -0.2) is 27.3 Å². The molecule has 2 N–H and O–H groups in total. The van der Waals surface area contributed by atoms with Crippen LogP contribution in [-0.2, 0) is 16.6 Å². The van der Waals surface area contributed by atoms with Crippen molar-refractivity contribution in [2.45, 2.75) is 5.75 Å². The Bertz CT molecular complexity index is 704. The largest absolute Gasteiger partial charge is 0.271 e. The summed E-state index contributed by atoms with van der Waals surface area (Å²) in [5.41, 5.74) is 6.18. The minimum Gasteiger partial charge on any atom is -0.267 e. The molecule has 7 heteroatoms. The van der Waals surface area contributed by atoms with Gasteiger partial charge in [0, 0.05) is 40.8 Å². The van der Waals surface area contributed by atoms with Crippen molar-refractivity contribution in [1.82, 2.24) is 15.8 Å². The van der Waals surface area contributed by atoms with E-state index in [1.54, 1.807) is 48.9 Å². The van der Waals surface area contributed by atoms with Crippen molar-refractivity contribution in [1.29, 1.82) is 0 Å². The number of carbonyl (C=O) groups is 2. The first-order valence-corrected chi connectivity index (χ1v) is 8.18. The van der Waals surface area contributed by atoms with Crippen molar-refractivity contribution in [3.63, 3.8) is 0 Å². The third-order valence-corrected chi connectivity index (χ3v) is 3.51. The maximum atomic E-state index is 12.0. The molecule has 1 aromatic carbocycles. The van der Waals surface area contributed by atoms with E-state index in [9.17, 15) is 13.8 Å². The third-order valence-electron chi connectivity index (χ3n) is 2.77. The maximum absolute atomic E-state index is 12.0. The molecule has 0 spiro atoms. The number of benzene rings is 1. The number of nitrogens with one attached hydrogen (secondary N) is 2. The average molecular weight is 317 g/mol. The summed E-state index contributed by atoms with van der Waals surface area (Å²) in [6.45, 7) is 0. The molecular weight excluding hydrogens is 302 g/mol. The van der Waals surface area contributed by atoms with Gasteiger partial charge in [-0.2, -0.15) is 0 Å². The van der Waals surface area contributed by atoms with E-state index in [0.29, 0.717) is 16.9 Å². The molecule has 2 rings (SSSR count). The van der Waals surface area contributed by atoms with Crippen LogP contribution >= 0.6 is 0 Å². The molecule has 0 fully saturated rings. The first kappa shape index (κ1) is 15.8. The van der Waals surface area contributed by atoms with Gasteiger partial charge in [-0.05, 0) is 29.8 Å². The van der Waals surface area contributed by atoms with E-state index < -0.39 is 22.6 Å². The predicted octanol–water partition coefficient (Wildman–Crippen LogP) is 1.03. The molecule has 114 valence electrons. The van der Waals surface area contributed by atoms with Crippen LogP contribution in [0, 0.1) is 0 Å². The van der Waals surface area contributed by atoms with Gasteiger partial charge in [-0.25, -0.2) is 0 Å². The Labute approximate surface area is 130 Å². The Balaban J connectivity index is 1.98. The lowest BCUT2D eigenvalue weighted by Gasteiger charge is -2.08. The molecule has 2 aromatic rings. The van der Waals surface area contributed by atoms with Crippen LogP contribution in [0.15, 0.2) is 48.8 Å². The number of hydrogen-bond acceptors (Lipinski definition) is 4. The van der Waals surface area contributed by atoms with E-state index in [0.717, 1.165) is 5.56 Å². The molecule has 1 aromatic heterocycles. The van der Waals surface area contributed by atoms with E-state index in [1.165, 1.54) is 6.20 Å². The van der Waals surface area contributed by atoms with E-state index in [4.69, 9.17) is 0 Å². The number of rotatable bonds is 4. The Morgan fingerprint density at radius 2 is 1.77 bits per heavy atom. The van der Waals surface area contributed by atoms with Crippen molar-refractivity contribution in [2.24, 2.45) is 0 Å². The monoisotopic (exact) mass is 317 g/mol. The van der Waals surface area contributed by atoms with Gasteiger partial charge in [0.25, 0.3) is 11.8 Å². The number of aromatic nitrogens is 1. The number of nitrogens with zero attached hydrogens (tertiary/aromatic N) is 1. The van der Waals surface area contributed by atoms with Gasteiger partial charge < -0.3 is 0 Å². The zero-order valence-corrected chi connectivity index (χ0v) is 12.7. The van der Waals surface area contributed by atoms with Crippen LogP contribution < -0.4 is 10.9 Å². The highest BCUT2D eigenvalue weighted by Crippen LogP contribution is 2.07. The van der Waals surface area contributed by atoms with E-state index in [-0.39, 0.29) is 0 Å². The second kappa shape index (κ2) is 7.46. The van der Waals surface area contributed by atoms with Gasteiger partial charge in [-0.15, -0.1) is 0 Å². The fourth-order valence-corrected chi connectivity index (χ4v) is 2.44. The SMILES string of the molecule is CS(=O)Cc1cccc(C(=O)NNC(=O)c2cccnc2)c1. The van der Waals surface area contributed by atoms with Crippen LogP contribution in [0.2, 0.25) is 0 Å². The van der Waals surface area contributed by atoms with E-state index in [1.807, 2.05) is 0 Å². The molecule has 0 saturated carbocycles. The molecule has 2 amide bonds. The van der Waals surface area contributed by atoms with Crippen LogP contribution in [0.1, 0.15) is 26.3 Å². The molecule has 1 atom stereocenters. The molecule has 1 heterocycles. The maximum Gasteiger partial charge on any atom is 0.271 e. The molecule has 0 radical (unpaired) electrons. The number of pyridine rings is 1. The van der Waals surface area contributed by atoms with Crippen molar-refractivity contribution < 1.29 is 13.8 Å². The van der Waals surface area contributed by atoms with Crippen LogP contribution in [0.4, 0.5) is 0 Å². The highest BCUT2D eigenvalue weighted by Gasteiger charge is 2.09. The van der Waals surface area contributed by atoms with Crippen LogP contribution in [0.3, 0.4) is 0 Å². The highest BCUT2D eigenvalue weighted by atomic mass is 32.2. The zero-order chi connectivity index (χ0) is 15.9. The molecular formula is C15H15N3O3S. The Kier molecular flexibility index (Phi) is 5.37. The summed E-state index contributed by atoms with van der Waals surface area (Å²) in [6.07, 6.45) is 4.55. The standard InChI is InChI=1S/C15H15N3O3S/c1-22(21)10-11-4-2-5-12(8-11)14(19)17-18-15(20)13-6-3-7-16-9-13/h2-9H,10H2,1H3,(H,17,19)(H,18,20). The number of hydrazine groups is 1. The molecule has 1 unspecified atom stereocenters. The minimum atomic E-state index is -0.982. The molecule has 0 bridgehead atoms. The van der Waals surface area contributed by atoms with Gasteiger partial charge in [0.2, 0.25) is 0 Å². The van der Waals surface area contributed by atoms with E-state index in [2.05, 4.69) is 15.8 Å². The topological polar surface area (TPSA) is 88.2 Å². The lowest BCUT2D eigenvalue weighted by molar-refractivity contribution is 0.0846. The normalized spacial score (nSPS) is 11.5. The van der Waals surface area contributed by atoms with Crippen molar-refractivity contribution >= 4 is 22.6 Å². The fourth-order valence-electron chi connectivity index (χ4n) is 1.79. The number of carbonyl (C=O) groups excluding carboxylic acids is 2. The second-order valence-corrected chi connectivity index (χ2v) is 6.00. The summed E-state index contributed by atoms with van der Waals surface area (Å²) in [4.78, 5) is 27.6.